The van der Waals surface area contributed by atoms with Gasteiger partial charge in [0.15, 0.2) is 17.6 Å². The summed E-state index contributed by atoms with van der Waals surface area (Å²) in [6.45, 7) is 1.34. The zero-order chi connectivity index (χ0) is 21.4. The van der Waals surface area contributed by atoms with Crippen molar-refractivity contribution in [3.8, 4) is 17.2 Å². The normalized spacial score (nSPS) is 11.0. The van der Waals surface area contributed by atoms with Gasteiger partial charge in [0.1, 0.15) is 11.3 Å². The third kappa shape index (κ3) is 5.61. The third-order valence-electron chi connectivity index (χ3n) is 3.85. The second kappa shape index (κ2) is 9.98. The Morgan fingerprint density at radius 3 is 2.03 bits per heavy atom. The Balaban J connectivity index is 2.04. The van der Waals surface area contributed by atoms with Crippen LogP contribution in [0.3, 0.4) is 0 Å². The predicted octanol–water partition coefficient (Wildman–Crippen LogP) is 2.61. The molecule has 2 aromatic rings. The van der Waals surface area contributed by atoms with Gasteiger partial charge in [-0.1, -0.05) is 18.2 Å². The van der Waals surface area contributed by atoms with Crippen LogP contribution in [0.15, 0.2) is 42.5 Å². The second-order valence-electron chi connectivity index (χ2n) is 5.76. The Labute approximate surface area is 167 Å². The van der Waals surface area contributed by atoms with Crippen LogP contribution in [-0.2, 0) is 9.53 Å². The van der Waals surface area contributed by atoms with Gasteiger partial charge in [0.25, 0.3) is 5.91 Å². The van der Waals surface area contributed by atoms with E-state index in [1.54, 1.807) is 30.3 Å². The molecule has 154 valence electrons. The fraction of sp³-hybridized carbons (Fsp3) is 0.250. The molecule has 0 bridgehead atoms. The predicted molar refractivity (Wildman–Crippen MR) is 105 cm³/mol. The number of urea groups is 1. The quantitative estimate of drug-likeness (QED) is 0.685. The molecular formula is C20H22N2O7. The number of benzene rings is 2. The van der Waals surface area contributed by atoms with Crippen LogP contribution in [0, 0.1) is 0 Å². The summed E-state index contributed by atoms with van der Waals surface area (Å²) in [4.78, 5) is 36.6. The highest BCUT2D eigenvalue weighted by Crippen LogP contribution is 2.35. The monoisotopic (exact) mass is 402 g/mol. The molecule has 0 aliphatic carbocycles. The summed E-state index contributed by atoms with van der Waals surface area (Å²) < 4.78 is 20.7. The number of hydrogen-bond donors (Lipinski definition) is 2. The Hall–Kier alpha value is -3.75. The lowest BCUT2D eigenvalue weighted by Crippen LogP contribution is -2.41. The van der Waals surface area contributed by atoms with Crippen molar-refractivity contribution in [3.63, 3.8) is 0 Å². The van der Waals surface area contributed by atoms with Gasteiger partial charge in [0.2, 0.25) is 0 Å². The maximum absolute atomic E-state index is 12.5. The van der Waals surface area contributed by atoms with E-state index >= 15 is 0 Å². The number of esters is 1. The van der Waals surface area contributed by atoms with E-state index in [-0.39, 0.29) is 11.3 Å². The van der Waals surface area contributed by atoms with E-state index in [1.165, 1.54) is 40.4 Å². The highest BCUT2D eigenvalue weighted by molar-refractivity contribution is 6.03. The van der Waals surface area contributed by atoms with Gasteiger partial charge >= 0.3 is 12.0 Å². The molecule has 0 saturated heterocycles. The number of carbonyl (C=O) groups excluding carboxylic acids is 3. The maximum atomic E-state index is 12.5. The van der Waals surface area contributed by atoms with Gasteiger partial charge in [0.05, 0.1) is 21.3 Å². The molecule has 0 aliphatic rings. The van der Waals surface area contributed by atoms with Gasteiger partial charge in [-0.05, 0) is 19.1 Å². The molecule has 2 rings (SSSR count). The zero-order valence-electron chi connectivity index (χ0n) is 16.5. The minimum atomic E-state index is -1.23. The summed E-state index contributed by atoms with van der Waals surface area (Å²) in [5, 5.41) is 4.61. The molecule has 9 heteroatoms. The molecule has 9 nitrogen and oxygen atoms in total. The van der Waals surface area contributed by atoms with Crippen molar-refractivity contribution in [2.75, 3.05) is 26.6 Å². The number of anilines is 1. The lowest BCUT2D eigenvalue weighted by molar-refractivity contribution is -0.127. The number of rotatable bonds is 7. The highest BCUT2D eigenvalue weighted by Gasteiger charge is 2.24. The van der Waals surface area contributed by atoms with Crippen LogP contribution in [0.5, 0.6) is 17.2 Å². The first-order valence-electron chi connectivity index (χ1n) is 8.57. The van der Waals surface area contributed by atoms with Crippen LogP contribution in [0.4, 0.5) is 10.5 Å². The number of ether oxygens (including phenoxy) is 4. The molecule has 0 spiro atoms. The highest BCUT2D eigenvalue weighted by atomic mass is 16.6. The molecule has 0 saturated carbocycles. The lowest BCUT2D eigenvalue weighted by Gasteiger charge is -2.16. The Bertz CT molecular complexity index is 884. The van der Waals surface area contributed by atoms with Gasteiger partial charge in [0, 0.05) is 17.8 Å². The van der Waals surface area contributed by atoms with Gasteiger partial charge in [-0.2, -0.15) is 0 Å². The molecule has 29 heavy (non-hydrogen) atoms. The first kappa shape index (κ1) is 21.5. The molecule has 2 N–H and O–H groups in total. The summed E-state index contributed by atoms with van der Waals surface area (Å²) in [7, 11) is 4.24. The molecule has 2 aromatic carbocycles. The van der Waals surface area contributed by atoms with Crippen molar-refractivity contribution in [2.24, 2.45) is 0 Å². The zero-order valence-corrected chi connectivity index (χ0v) is 16.5. The van der Waals surface area contributed by atoms with E-state index in [4.69, 9.17) is 18.9 Å². The van der Waals surface area contributed by atoms with E-state index < -0.39 is 24.0 Å². The van der Waals surface area contributed by atoms with Crippen LogP contribution in [-0.4, -0.2) is 45.3 Å². The molecule has 0 fully saturated rings. The molecule has 0 aromatic heterocycles. The van der Waals surface area contributed by atoms with Crippen LogP contribution in [0.2, 0.25) is 0 Å². The SMILES string of the molecule is COc1cc(OC)c(C(=O)OC(C)C(=O)NC(=O)Nc2ccccc2)cc1OC. The number of imide groups is 1. The van der Waals surface area contributed by atoms with E-state index in [0.29, 0.717) is 17.2 Å². The van der Waals surface area contributed by atoms with Gasteiger partial charge in [-0.3, -0.25) is 10.1 Å². The average molecular weight is 402 g/mol. The number of amides is 3. The lowest BCUT2D eigenvalue weighted by atomic mass is 10.1. The van der Waals surface area contributed by atoms with Crippen molar-refractivity contribution in [3.05, 3.63) is 48.0 Å². The Morgan fingerprint density at radius 1 is 0.862 bits per heavy atom. The number of para-hydroxylation sites is 1. The standard InChI is InChI=1S/C20H22N2O7/c1-12(18(23)22-20(25)21-13-8-6-5-7-9-13)29-19(24)14-10-16(27-3)17(28-4)11-15(14)26-2/h5-12H,1-4H3,(H2,21,22,23,25). The van der Waals surface area contributed by atoms with Crippen molar-refractivity contribution in [1.29, 1.82) is 0 Å². The molecule has 0 radical (unpaired) electrons. The van der Waals surface area contributed by atoms with Crippen molar-refractivity contribution in [2.45, 2.75) is 13.0 Å². The minimum absolute atomic E-state index is 0.0403. The van der Waals surface area contributed by atoms with Crippen LogP contribution < -0.4 is 24.8 Å². The molecular weight excluding hydrogens is 380 g/mol. The number of hydrogen-bond acceptors (Lipinski definition) is 7. The summed E-state index contributed by atoms with van der Waals surface area (Å²) in [5.74, 6) is -0.772. The van der Waals surface area contributed by atoms with Gasteiger partial charge in [-0.25, -0.2) is 9.59 Å². The third-order valence-corrected chi connectivity index (χ3v) is 3.85. The first-order valence-corrected chi connectivity index (χ1v) is 8.57. The van der Waals surface area contributed by atoms with Gasteiger partial charge < -0.3 is 24.3 Å². The Kier molecular flexibility index (Phi) is 7.41. The topological polar surface area (TPSA) is 112 Å². The van der Waals surface area contributed by atoms with E-state index in [2.05, 4.69) is 10.6 Å². The van der Waals surface area contributed by atoms with Crippen LogP contribution in [0.1, 0.15) is 17.3 Å². The van der Waals surface area contributed by atoms with Crippen molar-refractivity contribution in [1.82, 2.24) is 5.32 Å². The van der Waals surface area contributed by atoms with Crippen molar-refractivity contribution < 1.29 is 33.3 Å². The summed E-state index contributed by atoms with van der Waals surface area (Å²) >= 11 is 0. The summed E-state index contributed by atoms with van der Waals surface area (Å²) in [6.07, 6.45) is -1.23. The molecule has 0 aliphatic heterocycles. The summed E-state index contributed by atoms with van der Waals surface area (Å²) in [6, 6.07) is 10.7. The minimum Gasteiger partial charge on any atom is -0.496 e. The van der Waals surface area contributed by atoms with Gasteiger partial charge in [-0.15, -0.1) is 0 Å². The summed E-state index contributed by atoms with van der Waals surface area (Å²) in [5.41, 5.74) is 0.552. The largest absolute Gasteiger partial charge is 0.496 e. The maximum Gasteiger partial charge on any atom is 0.342 e. The number of methoxy groups -OCH3 is 3. The fourth-order valence-electron chi connectivity index (χ4n) is 2.36. The second-order valence-corrected chi connectivity index (χ2v) is 5.76. The molecule has 1 unspecified atom stereocenters. The van der Waals surface area contributed by atoms with Crippen LogP contribution >= 0.6 is 0 Å². The smallest absolute Gasteiger partial charge is 0.342 e. The average Bonchev–Trinajstić information content (AvgIpc) is 2.72. The Morgan fingerprint density at radius 2 is 1.45 bits per heavy atom. The number of nitrogens with one attached hydrogen (secondary N) is 2. The molecule has 0 heterocycles. The van der Waals surface area contributed by atoms with Crippen LogP contribution in [0.25, 0.3) is 0 Å². The fourth-order valence-corrected chi connectivity index (χ4v) is 2.36. The van der Waals surface area contributed by atoms with Crippen molar-refractivity contribution >= 4 is 23.6 Å². The first-order chi connectivity index (χ1) is 13.9. The van der Waals surface area contributed by atoms with E-state index in [0.717, 1.165) is 0 Å². The number of carbonyl (C=O) groups is 3. The molecule has 3 amide bonds. The van der Waals surface area contributed by atoms with E-state index in [1.807, 2.05) is 0 Å². The van der Waals surface area contributed by atoms with E-state index in [9.17, 15) is 14.4 Å². The molecule has 1 atom stereocenters.